The molecule has 1 heterocycles. The molecule has 0 unspecified atom stereocenters. The number of rotatable bonds is 5. The molecule has 22 heavy (non-hydrogen) atoms. The summed E-state index contributed by atoms with van der Waals surface area (Å²) in [6.07, 6.45) is -1.46. The van der Waals surface area contributed by atoms with E-state index in [1.54, 1.807) is 18.3 Å². The number of carbonyl (C=O) groups is 1. The van der Waals surface area contributed by atoms with Crippen molar-refractivity contribution in [3.05, 3.63) is 72.2 Å². The molecular weight excluding hydrogens is 293 g/mol. The van der Waals surface area contributed by atoms with E-state index in [4.69, 9.17) is 0 Å². The van der Waals surface area contributed by atoms with Crippen molar-refractivity contribution in [3.8, 4) is 0 Å². The van der Waals surface area contributed by atoms with Crippen LogP contribution in [0.4, 0.5) is 18.9 Å². The molecule has 0 saturated carbocycles. The van der Waals surface area contributed by atoms with E-state index in [-0.39, 0.29) is 17.9 Å². The molecular formula is C16H13F3N2O. The number of carbonyl (C=O) groups excluding carboxylic acids is 1. The minimum Gasteiger partial charge on any atom is -0.359 e. The minimum atomic E-state index is -4.41. The molecule has 0 aliphatic carbocycles. The van der Waals surface area contributed by atoms with Crippen LogP contribution in [0.2, 0.25) is 0 Å². The first-order valence-electron chi connectivity index (χ1n) is 6.41. The summed E-state index contributed by atoms with van der Waals surface area (Å²) in [6, 6.07) is 7.98. The quantitative estimate of drug-likeness (QED) is 0.837. The highest BCUT2D eigenvalue weighted by molar-refractivity contribution is 5.97. The van der Waals surface area contributed by atoms with Gasteiger partial charge in [-0.05, 0) is 30.3 Å². The van der Waals surface area contributed by atoms with Gasteiger partial charge in [-0.2, -0.15) is 13.2 Å². The van der Waals surface area contributed by atoms with Gasteiger partial charge in [0.25, 0.3) is 0 Å². The van der Waals surface area contributed by atoms with Crippen molar-refractivity contribution in [1.82, 2.24) is 4.98 Å². The predicted octanol–water partition coefficient (Wildman–Crippen LogP) is 4.30. The maximum absolute atomic E-state index is 12.6. The van der Waals surface area contributed by atoms with E-state index >= 15 is 0 Å². The molecule has 1 N–H and O–H groups in total. The fraction of sp³-hybridized carbons (Fsp3) is 0.125. The van der Waals surface area contributed by atoms with Crippen LogP contribution in [0.15, 0.2) is 61.1 Å². The van der Waals surface area contributed by atoms with Crippen LogP contribution in [-0.2, 0) is 6.18 Å². The highest BCUT2D eigenvalue weighted by Gasteiger charge is 2.30. The van der Waals surface area contributed by atoms with Crippen LogP contribution in [0.5, 0.6) is 0 Å². The number of ketones is 1. The third kappa shape index (κ3) is 4.18. The Balaban J connectivity index is 2.02. The number of aromatic nitrogens is 1. The first-order valence-corrected chi connectivity index (χ1v) is 6.41. The molecule has 0 fully saturated rings. The Morgan fingerprint density at radius 1 is 1.23 bits per heavy atom. The molecule has 0 atom stereocenters. The second-order valence-electron chi connectivity index (χ2n) is 4.65. The summed E-state index contributed by atoms with van der Waals surface area (Å²) in [4.78, 5) is 15.8. The summed E-state index contributed by atoms with van der Waals surface area (Å²) in [6.45, 7) is 3.67. The van der Waals surface area contributed by atoms with Crippen LogP contribution in [0.25, 0.3) is 0 Å². The number of Topliss-reactive ketones (excluding diaryl/α,β-unsaturated/α-hetero) is 1. The number of allylic oxidation sites excluding steroid dienone is 1. The highest BCUT2D eigenvalue weighted by atomic mass is 19.4. The van der Waals surface area contributed by atoms with E-state index < -0.39 is 11.7 Å². The number of hydrogen-bond donors (Lipinski definition) is 1. The summed E-state index contributed by atoms with van der Waals surface area (Å²) in [5.74, 6) is -0.211. The van der Waals surface area contributed by atoms with Crippen LogP contribution in [0.1, 0.15) is 22.3 Å². The van der Waals surface area contributed by atoms with Gasteiger partial charge in [-0.1, -0.05) is 12.6 Å². The molecule has 6 heteroatoms. The second kappa shape index (κ2) is 6.43. The number of benzene rings is 1. The fourth-order valence-electron chi connectivity index (χ4n) is 1.85. The summed E-state index contributed by atoms with van der Waals surface area (Å²) >= 11 is 0. The third-order valence-corrected chi connectivity index (χ3v) is 2.87. The maximum atomic E-state index is 12.6. The number of halogens is 3. The normalized spacial score (nSPS) is 11.0. The maximum Gasteiger partial charge on any atom is 0.416 e. The summed E-state index contributed by atoms with van der Waals surface area (Å²) in [5, 5.41) is 2.72. The van der Waals surface area contributed by atoms with Crippen molar-refractivity contribution in [3.63, 3.8) is 0 Å². The van der Waals surface area contributed by atoms with Crippen LogP contribution in [-0.4, -0.2) is 10.8 Å². The SMILES string of the molecule is C=C(CC(=O)c1cccnc1)Nc1cccc(C(F)(F)F)c1. The van der Waals surface area contributed by atoms with Crippen LogP contribution in [0.3, 0.4) is 0 Å². The lowest BCUT2D eigenvalue weighted by Gasteiger charge is -2.12. The number of anilines is 1. The van der Waals surface area contributed by atoms with Crippen LogP contribution in [0, 0.1) is 0 Å². The summed E-state index contributed by atoms with van der Waals surface area (Å²) < 4.78 is 37.9. The van der Waals surface area contributed by atoms with Crippen molar-refractivity contribution in [2.24, 2.45) is 0 Å². The van der Waals surface area contributed by atoms with Crippen molar-refractivity contribution >= 4 is 11.5 Å². The molecule has 0 bridgehead atoms. The van der Waals surface area contributed by atoms with E-state index in [0.29, 0.717) is 11.3 Å². The highest BCUT2D eigenvalue weighted by Crippen LogP contribution is 2.31. The van der Waals surface area contributed by atoms with Gasteiger partial charge in [0.1, 0.15) is 0 Å². The zero-order chi connectivity index (χ0) is 16.2. The Labute approximate surface area is 125 Å². The Hall–Kier alpha value is -2.63. The van der Waals surface area contributed by atoms with E-state index in [1.807, 2.05) is 0 Å². The molecule has 0 aliphatic heterocycles. The first-order chi connectivity index (χ1) is 10.4. The molecule has 3 nitrogen and oxygen atoms in total. The number of nitrogens with one attached hydrogen (secondary N) is 1. The number of nitrogens with zero attached hydrogens (tertiary/aromatic N) is 1. The van der Waals surface area contributed by atoms with Gasteiger partial charge in [0, 0.05) is 29.3 Å². The molecule has 2 aromatic rings. The minimum absolute atomic E-state index is 0.0259. The molecule has 0 amide bonds. The molecule has 114 valence electrons. The van der Waals surface area contributed by atoms with Gasteiger partial charge >= 0.3 is 6.18 Å². The average molecular weight is 306 g/mol. The van der Waals surface area contributed by atoms with Crippen LogP contribution >= 0.6 is 0 Å². The smallest absolute Gasteiger partial charge is 0.359 e. The van der Waals surface area contributed by atoms with E-state index in [1.165, 1.54) is 18.3 Å². The van der Waals surface area contributed by atoms with E-state index in [9.17, 15) is 18.0 Å². The number of hydrogen-bond acceptors (Lipinski definition) is 3. The van der Waals surface area contributed by atoms with Gasteiger partial charge in [-0.15, -0.1) is 0 Å². The standard InChI is InChI=1S/C16H13F3N2O/c1-11(8-15(22)12-4-3-7-20-10-12)21-14-6-2-5-13(9-14)16(17,18)19/h2-7,9-10,21H,1,8H2. The zero-order valence-corrected chi connectivity index (χ0v) is 11.5. The Morgan fingerprint density at radius 2 is 2.00 bits per heavy atom. The van der Waals surface area contributed by atoms with Crippen LogP contribution < -0.4 is 5.32 Å². The van der Waals surface area contributed by atoms with E-state index in [0.717, 1.165) is 12.1 Å². The summed E-state index contributed by atoms with van der Waals surface area (Å²) in [7, 11) is 0. The molecule has 2 rings (SSSR count). The number of pyridine rings is 1. The number of alkyl halides is 3. The fourth-order valence-corrected chi connectivity index (χ4v) is 1.85. The van der Waals surface area contributed by atoms with Gasteiger partial charge in [0.2, 0.25) is 0 Å². The molecule has 1 aromatic heterocycles. The molecule has 0 radical (unpaired) electrons. The third-order valence-electron chi connectivity index (χ3n) is 2.87. The van der Waals surface area contributed by atoms with Gasteiger partial charge in [-0.3, -0.25) is 9.78 Å². The lowest BCUT2D eigenvalue weighted by atomic mass is 10.1. The van der Waals surface area contributed by atoms with Crippen molar-refractivity contribution in [2.75, 3.05) is 5.32 Å². The Kier molecular flexibility index (Phi) is 4.60. The van der Waals surface area contributed by atoms with Crippen molar-refractivity contribution in [1.29, 1.82) is 0 Å². The van der Waals surface area contributed by atoms with Gasteiger partial charge < -0.3 is 5.32 Å². The van der Waals surface area contributed by atoms with Gasteiger partial charge in [0.05, 0.1) is 12.0 Å². The first kappa shape index (κ1) is 15.8. The largest absolute Gasteiger partial charge is 0.416 e. The lowest BCUT2D eigenvalue weighted by molar-refractivity contribution is -0.137. The van der Waals surface area contributed by atoms with Gasteiger partial charge in [0.15, 0.2) is 5.78 Å². The molecule has 0 aliphatic rings. The lowest BCUT2D eigenvalue weighted by Crippen LogP contribution is -2.08. The monoisotopic (exact) mass is 306 g/mol. The molecule has 1 aromatic carbocycles. The van der Waals surface area contributed by atoms with Crippen molar-refractivity contribution < 1.29 is 18.0 Å². The average Bonchev–Trinajstić information content (AvgIpc) is 2.47. The predicted molar refractivity (Wildman–Crippen MR) is 77.4 cm³/mol. The zero-order valence-electron chi connectivity index (χ0n) is 11.5. The van der Waals surface area contributed by atoms with Gasteiger partial charge in [-0.25, -0.2) is 0 Å². The summed E-state index contributed by atoms with van der Waals surface area (Å²) in [5.41, 5.74) is 0.213. The molecule has 0 saturated heterocycles. The Morgan fingerprint density at radius 3 is 2.64 bits per heavy atom. The van der Waals surface area contributed by atoms with E-state index in [2.05, 4.69) is 16.9 Å². The Bertz CT molecular complexity index is 681. The molecule has 0 spiro atoms. The second-order valence-corrected chi connectivity index (χ2v) is 4.65. The van der Waals surface area contributed by atoms with Crippen molar-refractivity contribution in [2.45, 2.75) is 12.6 Å². The topological polar surface area (TPSA) is 42.0 Å².